The Balaban J connectivity index is 2.77. The monoisotopic (exact) mass is 269 g/mol. The molecule has 0 aromatic heterocycles. The first-order chi connectivity index (χ1) is 8.45. The zero-order valence-electron chi connectivity index (χ0n) is 11.0. The SMILES string of the molecule is Cc1ccc(C(=O)NC(CCCl)C(C)C)cc1O. The molecule has 1 amide bonds. The van der Waals surface area contributed by atoms with Crippen molar-refractivity contribution in [2.45, 2.75) is 33.2 Å². The second kappa shape index (κ2) is 6.64. The van der Waals surface area contributed by atoms with Crippen LogP contribution >= 0.6 is 11.6 Å². The normalized spacial score (nSPS) is 12.5. The summed E-state index contributed by atoms with van der Waals surface area (Å²) in [4.78, 5) is 12.0. The van der Waals surface area contributed by atoms with Gasteiger partial charge in [-0.15, -0.1) is 11.6 Å². The van der Waals surface area contributed by atoms with E-state index in [0.29, 0.717) is 17.4 Å². The number of hydrogen-bond acceptors (Lipinski definition) is 2. The second-order valence-electron chi connectivity index (χ2n) is 4.80. The molecule has 0 radical (unpaired) electrons. The van der Waals surface area contributed by atoms with Crippen LogP contribution in [0.3, 0.4) is 0 Å². The fourth-order valence-electron chi connectivity index (χ4n) is 1.69. The van der Waals surface area contributed by atoms with E-state index >= 15 is 0 Å². The number of benzene rings is 1. The van der Waals surface area contributed by atoms with Gasteiger partial charge in [0.15, 0.2) is 0 Å². The number of halogens is 1. The van der Waals surface area contributed by atoms with Crippen LogP contribution in [0.2, 0.25) is 0 Å². The topological polar surface area (TPSA) is 49.3 Å². The van der Waals surface area contributed by atoms with Crippen LogP contribution in [0.1, 0.15) is 36.2 Å². The van der Waals surface area contributed by atoms with Gasteiger partial charge in [0.2, 0.25) is 0 Å². The molecule has 0 aliphatic carbocycles. The highest BCUT2D eigenvalue weighted by molar-refractivity contribution is 6.17. The zero-order chi connectivity index (χ0) is 13.7. The van der Waals surface area contributed by atoms with E-state index in [0.717, 1.165) is 12.0 Å². The molecule has 1 aromatic rings. The summed E-state index contributed by atoms with van der Waals surface area (Å²) in [6, 6.07) is 4.99. The van der Waals surface area contributed by atoms with Gasteiger partial charge in [0.25, 0.3) is 5.91 Å². The molecule has 3 nitrogen and oxygen atoms in total. The number of alkyl halides is 1. The summed E-state index contributed by atoms with van der Waals surface area (Å²) in [7, 11) is 0. The number of amides is 1. The van der Waals surface area contributed by atoms with Crippen molar-refractivity contribution < 1.29 is 9.90 Å². The minimum atomic E-state index is -0.172. The van der Waals surface area contributed by atoms with Gasteiger partial charge < -0.3 is 10.4 Å². The molecule has 1 aromatic carbocycles. The molecule has 0 spiro atoms. The molecule has 0 aliphatic rings. The molecule has 1 unspecified atom stereocenters. The number of nitrogens with one attached hydrogen (secondary N) is 1. The molecule has 1 rings (SSSR count). The van der Waals surface area contributed by atoms with Crippen molar-refractivity contribution in [2.24, 2.45) is 5.92 Å². The maximum absolute atomic E-state index is 12.0. The Morgan fingerprint density at radius 1 is 1.44 bits per heavy atom. The third-order valence-electron chi connectivity index (χ3n) is 3.01. The van der Waals surface area contributed by atoms with Gasteiger partial charge in [-0.05, 0) is 37.0 Å². The molecule has 0 saturated heterocycles. The molecule has 0 bridgehead atoms. The van der Waals surface area contributed by atoms with Gasteiger partial charge in [-0.2, -0.15) is 0 Å². The van der Waals surface area contributed by atoms with Crippen LogP contribution in [0.15, 0.2) is 18.2 Å². The number of carbonyl (C=O) groups is 1. The average Bonchev–Trinajstić information content (AvgIpc) is 2.31. The number of aryl methyl sites for hydroxylation is 1. The first-order valence-corrected chi connectivity index (χ1v) is 6.65. The molecule has 100 valence electrons. The van der Waals surface area contributed by atoms with E-state index < -0.39 is 0 Å². The standard InChI is InChI=1S/C14H20ClNO2/c1-9(2)12(6-7-15)16-14(18)11-5-4-10(3)13(17)8-11/h4-5,8-9,12,17H,6-7H2,1-3H3,(H,16,18). The summed E-state index contributed by atoms with van der Waals surface area (Å²) in [5, 5.41) is 12.5. The third kappa shape index (κ3) is 3.91. The Morgan fingerprint density at radius 3 is 2.61 bits per heavy atom. The van der Waals surface area contributed by atoms with Crippen LogP contribution < -0.4 is 5.32 Å². The zero-order valence-corrected chi connectivity index (χ0v) is 11.8. The van der Waals surface area contributed by atoms with E-state index in [1.54, 1.807) is 19.1 Å². The molecule has 0 fully saturated rings. The lowest BCUT2D eigenvalue weighted by molar-refractivity contribution is 0.0924. The Hall–Kier alpha value is -1.22. The average molecular weight is 270 g/mol. The Bertz CT molecular complexity index is 418. The number of carbonyl (C=O) groups excluding carboxylic acids is 1. The fourth-order valence-corrected chi connectivity index (χ4v) is 1.93. The van der Waals surface area contributed by atoms with Gasteiger partial charge >= 0.3 is 0 Å². The van der Waals surface area contributed by atoms with Crippen molar-refractivity contribution in [1.29, 1.82) is 0 Å². The minimum absolute atomic E-state index is 0.0541. The Morgan fingerprint density at radius 2 is 2.11 bits per heavy atom. The highest BCUT2D eigenvalue weighted by atomic mass is 35.5. The number of phenolic OH excluding ortho intramolecular Hbond substituents is 1. The molecular weight excluding hydrogens is 250 g/mol. The predicted octanol–water partition coefficient (Wildman–Crippen LogP) is 3.08. The van der Waals surface area contributed by atoms with Gasteiger partial charge in [-0.3, -0.25) is 4.79 Å². The molecule has 0 heterocycles. The lowest BCUT2D eigenvalue weighted by Crippen LogP contribution is -2.38. The van der Waals surface area contributed by atoms with Crippen molar-refractivity contribution in [3.8, 4) is 5.75 Å². The summed E-state index contributed by atoms with van der Waals surface area (Å²) in [5.41, 5.74) is 1.23. The molecule has 1 atom stereocenters. The van der Waals surface area contributed by atoms with E-state index in [-0.39, 0.29) is 17.7 Å². The molecular formula is C14H20ClNO2. The largest absolute Gasteiger partial charge is 0.508 e. The van der Waals surface area contributed by atoms with Crippen molar-refractivity contribution in [2.75, 3.05) is 5.88 Å². The highest BCUT2D eigenvalue weighted by Gasteiger charge is 2.17. The van der Waals surface area contributed by atoms with E-state index in [1.165, 1.54) is 6.07 Å². The van der Waals surface area contributed by atoms with Gasteiger partial charge in [-0.1, -0.05) is 19.9 Å². The molecule has 0 aliphatic heterocycles. The van der Waals surface area contributed by atoms with E-state index in [9.17, 15) is 9.90 Å². The van der Waals surface area contributed by atoms with Crippen molar-refractivity contribution in [1.82, 2.24) is 5.32 Å². The lowest BCUT2D eigenvalue weighted by atomic mass is 10.0. The van der Waals surface area contributed by atoms with E-state index in [1.807, 2.05) is 13.8 Å². The first kappa shape index (κ1) is 14.8. The number of rotatable bonds is 5. The summed E-state index contributed by atoms with van der Waals surface area (Å²) in [5.74, 6) is 0.810. The van der Waals surface area contributed by atoms with Crippen molar-refractivity contribution in [3.05, 3.63) is 29.3 Å². The number of aromatic hydroxyl groups is 1. The summed E-state index contributed by atoms with van der Waals surface area (Å²) in [6.07, 6.45) is 0.739. The Kier molecular flexibility index (Phi) is 5.48. The maximum Gasteiger partial charge on any atom is 0.251 e. The van der Waals surface area contributed by atoms with Crippen molar-refractivity contribution in [3.63, 3.8) is 0 Å². The van der Waals surface area contributed by atoms with Crippen LogP contribution in [0.5, 0.6) is 5.75 Å². The van der Waals surface area contributed by atoms with Gasteiger partial charge in [0.1, 0.15) is 5.75 Å². The van der Waals surface area contributed by atoms with Gasteiger partial charge in [0.05, 0.1) is 0 Å². The molecule has 4 heteroatoms. The fraction of sp³-hybridized carbons (Fsp3) is 0.500. The summed E-state index contributed by atoms with van der Waals surface area (Å²) < 4.78 is 0. The molecule has 2 N–H and O–H groups in total. The lowest BCUT2D eigenvalue weighted by Gasteiger charge is -2.21. The van der Waals surface area contributed by atoms with Gasteiger partial charge in [0, 0.05) is 17.5 Å². The van der Waals surface area contributed by atoms with Crippen LogP contribution in [0.4, 0.5) is 0 Å². The predicted molar refractivity (Wildman–Crippen MR) is 74.3 cm³/mol. The van der Waals surface area contributed by atoms with E-state index in [2.05, 4.69) is 5.32 Å². The molecule has 18 heavy (non-hydrogen) atoms. The molecule has 0 saturated carbocycles. The summed E-state index contributed by atoms with van der Waals surface area (Å²) >= 11 is 5.72. The van der Waals surface area contributed by atoms with E-state index in [4.69, 9.17) is 11.6 Å². The van der Waals surface area contributed by atoms with Crippen LogP contribution in [-0.2, 0) is 0 Å². The minimum Gasteiger partial charge on any atom is -0.508 e. The summed E-state index contributed by atoms with van der Waals surface area (Å²) in [6.45, 7) is 5.88. The first-order valence-electron chi connectivity index (χ1n) is 6.12. The Labute approximate surface area is 113 Å². The van der Waals surface area contributed by atoms with Crippen LogP contribution in [0, 0.1) is 12.8 Å². The van der Waals surface area contributed by atoms with Crippen LogP contribution in [-0.4, -0.2) is 22.9 Å². The van der Waals surface area contributed by atoms with Gasteiger partial charge in [-0.25, -0.2) is 0 Å². The highest BCUT2D eigenvalue weighted by Crippen LogP contribution is 2.18. The number of phenols is 1. The smallest absolute Gasteiger partial charge is 0.251 e. The second-order valence-corrected chi connectivity index (χ2v) is 5.18. The number of hydrogen-bond donors (Lipinski definition) is 2. The van der Waals surface area contributed by atoms with Crippen LogP contribution in [0.25, 0.3) is 0 Å². The third-order valence-corrected chi connectivity index (χ3v) is 3.23. The van der Waals surface area contributed by atoms with Crippen molar-refractivity contribution >= 4 is 17.5 Å². The maximum atomic E-state index is 12.0. The quantitative estimate of drug-likeness (QED) is 0.807.